The maximum absolute atomic E-state index is 10.8. The molecule has 1 N–H and O–H groups in total. The second kappa shape index (κ2) is 4.73. The molecule has 1 aromatic carbocycles. The van der Waals surface area contributed by atoms with E-state index >= 15 is 0 Å². The fourth-order valence-electron chi connectivity index (χ4n) is 2.11. The minimum absolute atomic E-state index is 0.470. The van der Waals surface area contributed by atoms with Crippen LogP contribution >= 0.6 is 15.9 Å². The number of oxazole rings is 1. The highest BCUT2D eigenvalue weighted by molar-refractivity contribution is 9.10. The summed E-state index contributed by atoms with van der Waals surface area (Å²) in [6.07, 6.45) is -0.874. The van der Waals surface area contributed by atoms with Crippen molar-refractivity contribution < 1.29 is 14.3 Å². The molecular weight excluding hydrogens is 314 g/mol. The lowest BCUT2D eigenvalue weighted by Gasteiger charge is -2.31. The van der Waals surface area contributed by atoms with E-state index in [4.69, 9.17) is 9.52 Å². The second-order valence-corrected chi connectivity index (χ2v) is 5.28. The molecule has 1 saturated heterocycles. The highest BCUT2D eigenvalue weighted by Crippen LogP contribution is 2.25. The Morgan fingerprint density at radius 1 is 1.32 bits per heavy atom. The molecule has 1 aliphatic heterocycles. The van der Waals surface area contributed by atoms with Crippen molar-refractivity contribution in [2.24, 2.45) is 0 Å². The number of amides is 1. The molecule has 1 aromatic heterocycles. The Labute approximate surface area is 117 Å². The van der Waals surface area contributed by atoms with E-state index in [0.717, 1.165) is 15.6 Å². The number of piperazine rings is 1. The molecule has 0 radical (unpaired) electrons. The highest BCUT2D eigenvalue weighted by Gasteiger charge is 2.23. The summed E-state index contributed by atoms with van der Waals surface area (Å²) in [4.78, 5) is 18.6. The van der Waals surface area contributed by atoms with E-state index < -0.39 is 6.09 Å². The quantitative estimate of drug-likeness (QED) is 0.871. The highest BCUT2D eigenvalue weighted by atomic mass is 79.9. The van der Waals surface area contributed by atoms with Crippen molar-refractivity contribution in [3.63, 3.8) is 0 Å². The molecule has 0 aliphatic carbocycles. The van der Waals surface area contributed by atoms with Gasteiger partial charge >= 0.3 is 6.09 Å². The Kier molecular flexibility index (Phi) is 3.06. The number of aromatic nitrogens is 1. The van der Waals surface area contributed by atoms with Gasteiger partial charge in [0, 0.05) is 30.7 Å². The maximum Gasteiger partial charge on any atom is 0.407 e. The van der Waals surface area contributed by atoms with Crippen molar-refractivity contribution >= 4 is 39.1 Å². The van der Waals surface area contributed by atoms with Gasteiger partial charge in [-0.1, -0.05) is 15.9 Å². The van der Waals surface area contributed by atoms with Crippen molar-refractivity contribution in [3.8, 4) is 0 Å². The van der Waals surface area contributed by atoms with Crippen molar-refractivity contribution in [3.05, 3.63) is 22.7 Å². The van der Waals surface area contributed by atoms with Crippen LogP contribution in [0.2, 0.25) is 0 Å². The molecule has 1 aliphatic rings. The molecule has 100 valence electrons. The fourth-order valence-corrected chi connectivity index (χ4v) is 2.45. The summed E-state index contributed by atoms with van der Waals surface area (Å²) >= 11 is 3.39. The number of hydrogen-bond donors (Lipinski definition) is 1. The van der Waals surface area contributed by atoms with Crippen LogP contribution in [0.1, 0.15) is 0 Å². The molecule has 3 rings (SSSR count). The van der Waals surface area contributed by atoms with Crippen LogP contribution in [0.15, 0.2) is 27.1 Å². The molecule has 6 nitrogen and oxygen atoms in total. The predicted molar refractivity (Wildman–Crippen MR) is 73.5 cm³/mol. The molecule has 0 spiro atoms. The van der Waals surface area contributed by atoms with Gasteiger partial charge in [-0.3, -0.25) is 0 Å². The number of hydrogen-bond acceptors (Lipinski definition) is 4. The number of benzene rings is 1. The Balaban J connectivity index is 1.80. The minimum atomic E-state index is -0.874. The van der Waals surface area contributed by atoms with Crippen LogP contribution in [0.4, 0.5) is 10.8 Å². The van der Waals surface area contributed by atoms with Crippen molar-refractivity contribution in [2.45, 2.75) is 0 Å². The summed E-state index contributed by atoms with van der Waals surface area (Å²) in [5.74, 6) is 0. The first-order valence-corrected chi connectivity index (χ1v) is 6.72. The summed E-state index contributed by atoms with van der Waals surface area (Å²) in [5, 5.41) is 8.90. The minimum Gasteiger partial charge on any atom is -0.465 e. The summed E-state index contributed by atoms with van der Waals surface area (Å²) in [5.41, 5.74) is 1.53. The van der Waals surface area contributed by atoms with Crippen LogP contribution < -0.4 is 4.90 Å². The molecule has 1 fully saturated rings. The third-order valence-corrected chi connectivity index (χ3v) is 3.65. The number of carbonyl (C=O) groups is 1. The molecule has 2 aromatic rings. The van der Waals surface area contributed by atoms with Gasteiger partial charge in [0.1, 0.15) is 5.52 Å². The number of rotatable bonds is 1. The van der Waals surface area contributed by atoms with Crippen LogP contribution in [-0.2, 0) is 0 Å². The topological polar surface area (TPSA) is 69.8 Å². The molecule has 0 bridgehead atoms. The normalized spacial score (nSPS) is 16.1. The summed E-state index contributed by atoms with van der Waals surface area (Å²) in [6, 6.07) is 6.23. The van der Waals surface area contributed by atoms with Gasteiger partial charge in [-0.15, -0.1) is 0 Å². The molecule has 1 amide bonds. The number of fused-ring (bicyclic) bond motifs is 1. The third kappa shape index (κ3) is 2.37. The Morgan fingerprint density at radius 3 is 2.74 bits per heavy atom. The summed E-state index contributed by atoms with van der Waals surface area (Å²) in [7, 11) is 0. The first-order chi connectivity index (χ1) is 9.13. The van der Waals surface area contributed by atoms with Crippen molar-refractivity contribution in [1.29, 1.82) is 0 Å². The predicted octanol–water partition coefficient (Wildman–Crippen LogP) is 2.39. The van der Waals surface area contributed by atoms with E-state index in [0.29, 0.717) is 32.2 Å². The van der Waals surface area contributed by atoms with Crippen LogP contribution in [0.3, 0.4) is 0 Å². The Bertz CT molecular complexity index is 620. The summed E-state index contributed by atoms with van der Waals surface area (Å²) in [6.45, 7) is 2.14. The average molecular weight is 326 g/mol. The van der Waals surface area contributed by atoms with E-state index in [1.165, 1.54) is 4.90 Å². The van der Waals surface area contributed by atoms with Crippen LogP contribution in [-0.4, -0.2) is 47.3 Å². The molecule has 0 atom stereocenters. The fraction of sp³-hybridized carbons (Fsp3) is 0.333. The third-order valence-electron chi connectivity index (χ3n) is 3.16. The van der Waals surface area contributed by atoms with E-state index in [1.807, 2.05) is 23.1 Å². The second-order valence-electron chi connectivity index (χ2n) is 4.37. The average Bonchev–Trinajstić information content (AvgIpc) is 2.81. The van der Waals surface area contributed by atoms with E-state index in [2.05, 4.69) is 20.9 Å². The standard InChI is InChI=1S/C12H12BrN3O3/c13-8-1-2-9-10(7-8)19-11(14-9)15-3-5-16(6-4-15)12(17)18/h1-2,7H,3-6H2,(H,17,18). The van der Waals surface area contributed by atoms with Gasteiger partial charge in [-0.05, 0) is 18.2 Å². The Morgan fingerprint density at radius 2 is 2.05 bits per heavy atom. The lowest BCUT2D eigenvalue weighted by Crippen LogP contribution is -2.48. The molecule has 19 heavy (non-hydrogen) atoms. The van der Waals surface area contributed by atoms with Gasteiger partial charge in [0.25, 0.3) is 6.01 Å². The monoisotopic (exact) mass is 325 g/mol. The van der Waals surface area contributed by atoms with Crippen molar-refractivity contribution in [1.82, 2.24) is 9.88 Å². The number of anilines is 1. The lowest BCUT2D eigenvalue weighted by atomic mass is 10.3. The summed E-state index contributed by atoms with van der Waals surface area (Å²) < 4.78 is 6.65. The van der Waals surface area contributed by atoms with Gasteiger partial charge in [0.15, 0.2) is 5.58 Å². The Hall–Kier alpha value is -1.76. The maximum atomic E-state index is 10.8. The van der Waals surface area contributed by atoms with E-state index in [9.17, 15) is 4.79 Å². The zero-order valence-electron chi connectivity index (χ0n) is 10.0. The molecular formula is C12H12BrN3O3. The largest absolute Gasteiger partial charge is 0.465 e. The smallest absolute Gasteiger partial charge is 0.407 e. The van der Waals surface area contributed by atoms with E-state index in [1.54, 1.807) is 0 Å². The number of nitrogens with zero attached hydrogens (tertiary/aromatic N) is 3. The molecule has 0 saturated carbocycles. The lowest BCUT2D eigenvalue weighted by molar-refractivity contribution is 0.142. The van der Waals surface area contributed by atoms with Gasteiger partial charge in [-0.2, -0.15) is 4.98 Å². The van der Waals surface area contributed by atoms with Crippen LogP contribution in [0.5, 0.6) is 0 Å². The van der Waals surface area contributed by atoms with Gasteiger partial charge in [0.05, 0.1) is 0 Å². The van der Waals surface area contributed by atoms with Crippen LogP contribution in [0, 0.1) is 0 Å². The SMILES string of the molecule is O=C(O)N1CCN(c2nc3ccc(Br)cc3o2)CC1. The van der Waals surface area contributed by atoms with Gasteiger partial charge in [-0.25, -0.2) is 4.79 Å². The first kappa shape index (κ1) is 12.3. The zero-order chi connectivity index (χ0) is 13.4. The molecule has 7 heteroatoms. The molecule has 2 heterocycles. The van der Waals surface area contributed by atoms with Crippen LogP contribution in [0.25, 0.3) is 11.1 Å². The number of halogens is 1. The number of carboxylic acid groups (broad SMARTS) is 1. The van der Waals surface area contributed by atoms with Gasteiger partial charge < -0.3 is 19.3 Å². The first-order valence-electron chi connectivity index (χ1n) is 5.92. The van der Waals surface area contributed by atoms with E-state index in [-0.39, 0.29) is 0 Å². The molecule has 0 unspecified atom stereocenters. The van der Waals surface area contributed by atoms with Gasteiger partial charge in [0.2, 0.25) is 0 Å². The zero-order valence-corrected chi connectivity index (χ0v) is 11.6. The van der Waals surface area contributed by atoms with Crippen molar-refractivity contribution in [2.75, 3.05) is 31.1 Å².